The molecule has 4 nitrogen and oxygen atoms in total. The van der Waals surface area contributed by atoms with E-state index in [1.165, 1.54) is 0 Å². The predicted molar refractivity (Wildman–Crippen MR) is 81.9 cm³/mol. The zero-order valence-corrected chi connectivity index (χ0v) is 13.2. The quantitative estimate of drug-likeness (QED) is 0.712. The van der Waals surface area contributed by atoms with Gasteiger partial charge in [-0.3, -0.25) is 0 Å². The lowest BCUT2D eigenvalue weighted by atomic mass is 10.2. The second kappa shape index (κ2) is 8.31. The van der Waals surface area contributed by atoms with Gasteiger partial charge in [0.15, 0.2) is 5.69 Å². The molecular formula is C13H21F3N4S. The molecule has 0 radical (unpaired) electrons. The van der Waals surface area contributed by atoms with Gasteiger partial charge in [0.25, 0.3) is 0 Å². The lowest BCUT2D eigenvalue weighted by Crippen LogP contribution is -2.19. The van der Waals surface area contributed by atoms with Gasteiger partial charge in [-0.2, -0.15) is 29.9 Å². The van der Waals surface area contributed by atoms with Gasteiger partial charge in [-0.05, 0) is 31.8 Å². The van der Waals surface area contributed by atoms with Gasteiger partial charge < -0.3 is 10.6 Å². The SMILES string of the molecule is CCNc1nc(NC(C)CCSCC)cc(C(F)(F)F)n1. The summed E-state index contributed by atoms with van der Waals surface area (Å²) >= 11 is 1.80. The Labute approximate surface area is 127 Å². The Kier molecular flexibility index (Phi) is 7.07. The third-order valence-electron chi connectivity index (χ3n) is 2.65. The maximum Gasteiger partial charge on any atom is 0.433 e. The molecule has 1 atom stereocenters. The average Bonchev–Trinajstić information content (AvgIpc) is 2.38. The lowest BCUT2D eigenvalue weighted by molar-refractivity contribution is -0.141. The van der Waals surface area contributed by atoms with E-state index in [9.17, 15) is 13.2 Å². The number of halogens is 3. The van der Waals surface area contributed by atoms with Crippen LogP contribution in [0.5, 0.6) is 0 Å². The molecule has 1 aromatic heterocycles. The fourth-order valence-electron chi connectivity index (χ4n) is 1.63. The first-order valence-electron chi connectivity index (χ1n) is 6.91. The summed E-state index contributed by atoms with van der Waals surface area (Å²) in [6, 6.07) is 0.999. The fraction of sp³-hybridized carbons (Fsp3) is 0.692. The van der Waals surface area contributed by atoms with Gasteiger partial charge >= 0.3 is 6.18 Å². The van der Waals surface area contributed by atoms with Crippen molar-refractivity contribution in [2.24, 2.45) is 0 Å². The van der Waals surface area contributed by atoms with E-state index in [2.05, 4.69) is 27.5 Å². The van der Waals surface area contributed by atoms with E-state index < -0.39 is 11.9 Å². The zero-order chi connectivity index (χ0) is 15.9. The van der Waals surface area contributed by atoms with E-state index >= 15 is 0 Å². The number of alkyl halides is 3. The van der Waals surface area contributed by atoms with Crippen LogP contribution in [-0.2, 0) is 6.18 Å². The summed E-state index contributed by atoms with van der Waals surface area (Å²) in [6.45, 7) is 6.24. The number of thioether (sulfide) groups is 1. The Bertz CT molecular complexity index is 440. The Hall–Kier alpha value is -1.18. The van der Waals surface area contributed by atoms with Crippen molar-refractivity contribution in [3.8, 4) is 0 Å². The summed E-state index contributed by atoms with van der Waals surface area (Å²) in [5.41, 5.74) is -0.939. The van der Waals surface area contributed by atoms with Crippen molar-refractivity contribution in [2.75, 3.05) is 28.7 Å². The van der Waals surface area contributed by atoms with Gasteiger partial charge in [0.05, 0.1) is 0 Å². The van der Waals surface area contributed by atoms with Crippen molar-refractivity contribution in [3.63, 3.8) is 0 Å². The summed E-state index contributed by atoms with van der Waals surface area (Å²) in [5.74, 6) is 2.18. The molecule has 0 fully saturated rings. The third-order valence-corrected chi connectivity index (χ3v) is 3.58. The second-order valence-corrected chi connectivity index (χ2v) is 5.91. The minimum absolute atomic E-state index is 0.00930. The smallest absolute Gasteiger partial charge is 0.367 e. The first-order valence-corrected chi connectivity index (χ1v) is 8.06. The van der Waals surface area contributed by atoms with E-state index in [1.54, 1.807) is 18.7 Å². The highest BCUT2D eigenvalue weighted by molar-refractivity contribution is 7.99. The van der Waals surface area contributed by atoms with Crippen LogP contribution in [0.15, 0.2) is 6.07 Å². The molecule has 0 aliphatic carbocycles. The molecule has 0 aliphatic heterocycles. The van der Waals surface area contributed by atoms with Crippen molar-refractivity contribution in [1.82, 2.24) is 9.97 Å². The van der Waals surface area contributed by atoms with Crippen LogP contribution in [0.2, 0.25) is 0 Å². The van der Waals surface area contributed by atoms with E-state index in [0.717, 1.165) is 24.0 Å². The molecule has 1 aromatic rings. The molecule has 1 heterocycles. The molecule has 120 valence electrons. The maximum absolute atomic E-state index is 12.8. The van der Waals surface area contributed by atoms with Gasteiger partial charge in [0, 0.05) is 18.7 Å². The van der Waals surface area contributed by atoms with E-state index in [0.29, 0.717) is 6.54 Å². The number of nitrogens with one attached hydrogen (secondary N) is 2. The molecule has 0 amide bonds. The number of rotatable bonds is 8. The van der Waals surface area contributed by atoms with Crippen LogP contribution in [0, 0.1) is 0 Å². The second-order valence-electron chi connectivity index (χ2n) is 4.52. The number of hydrogen-bond donors (Lipinski definition) is 2. The summed E-state index contributed by atoms with van der Waals surface area (Å²) < 4.78 is 38.5. The average molecular weight is 322 g/mol. The Morgan fingerprint density at radius 3 is 2.57 bits per heavy atom. The predicted octanol–water partition coefficient (Wildman–Crippen LogP) is 3.87. The Balaban J connectivity index is 2.82. The Morgan fingerprint density at radius 1 is 1.29 bits per heavy atom. The molecule has 0 aromatic carbocycles. The number of hydrogen-bond acceptors (Lipinski definition) is 5. The highest BCUT2D eigenvalue weighted by Crippen LogP contribution is 2.29. The number of nitrogens with zero attached hydrogens (tertiary/aromatic N) is 2. The molecule has 0 bridgehead atoms. The molecule has 0 spiro atoms. The zero-order valence-electron chi connectivity index (χ0n) is 12.4. The largest absolute Gasteiger partial charge is 0.433 e. The number of aromatic nitrogens is 2. The molecule has 2 N–H and O–H groups in total. The summed E-state index contributed by atoms with van der Waals surface area (Å²) in [5, 5.41) is 5.73. The van der Waals surface area contributed by atoms with Crippen molar-refractivity contribution in [1.29, 1.82) is 0 Å². The van der Waals surface area contributed by atoms with Crippen LogP contribution in [0.4, 0.5) is 24.9 Å². The van der Waals surface area contributed by atoms with Gasteiger partial charge in [0.1, 0.15) is 5.82 Å². The number of anilines is 2. The minimum Gasteiger partial charge on any atom is -0.367 e. The van der Waals surface area contributed by atoms with Gasteiger partial charge in [-0.1, -0.05) is 6.92 Å². The highest BCUT2D eigenvalue weighted by Gasteiger charge is 2.33. The van der Waals surface area contributed by atoms with Gasteiger partial charge in [-0.15, -0.1) is 0 Å². The van der Waals surface area contributed by atoms with Crippen molar-refractivity contribution < 1.29 is 13.2 Å². The molecular weight excluding hydrogens is 301 g/mol. The maximum atomic E-state index is 12.8. The molecule has 1 unspecified atom stereocenters. The first-order chi connectivity index (χ1) is 9.86. The van der Waals surface area contributed by atoms with Gasteiger partial charge in [-0.25, -0.2) is 4.98 Å². The van der Waals surface area contributed by atoms with Crippen molar-refractivity contribution >= 4 is 23.5 Å². The standard InChI is InChI=1S/C13H21F3N4S/c1-4-17-12-19-10(13(14,15)16)8-11(20-12)18-9(3)6-7-21-5-2/h8-9H,4-7H2,1-3H3,(H2,17,18,19,20). The van der Waals surface area contributed by atoms with Crippen LogP contribution < -0.4 is 10.6 Å². The monoisotopic (exact) mass is 322 g/mol. The molecule has 0 saturated heterocycles. The molecule has 21 heavy (non-hydrogen) atoms. The van der Waals surface area contributed by atoms with Crippen LogP contribution >= 0.6 is 11.8 Å². The molecule has 1 rings (SSSR count). The molecule has 0 saturated carbocycles. The van der Waals surface area contributed by atoms with Crippen LogP contribution in [0.3, 0.4) is 0 Å². The first kappa shape index (κ1) is 17.9. The van der Waals surface area contributed by atoms with Crippen molar-refractivity contribution in [3.05, 3.63) is 11.8 Å². The Morgan fingerprint density at radius 2 is 2.00 bits per heavy atom. The minimum atomic E-state index is -4.48. The topological polar surface area (TPSA) is 49.8 Å². The van der Waals surface area contributed by atoms with E-state index in [-0.39, 0.29) is 17.8 Å². The van der Waals surface area contributed by atoms with E-state index in [4.69, 9.17) is 0 Å². The third kappa shape index (κ3) is 6.41. The highest BCUT2D eigenvalue weighted by atomic mass is 32.2. The van der Waals surface area contributed by atoms with Crippen LogP contribution in [0.25, 0.3) is 0 Å². The van der Waals surface area contributed by atoms with Gasteiger partial charge in [0.2, 0.25) is 5.95 Å². The summed E-state index contributed by atoms with van der Waals surface area (Å²) in [7, 11) is 0. The van der Waals surface area contributed by atoms with E-state index in [1.807, 2.05) is 6.92 Å². The molecule has 8 heteroatoms. The summed E-state index contributed by atoms with van der Waals surface area (Å²) in [6.07, 6.45) is -3.62. The van der Waals surface area contributed by atoms with Crippen LogP contribution in [-0.4, -0.2) is 34.1 Å². The van der Waals surface area contributed by atoms with Crippen LogP contribution in [0.1, 0.15) is 32.9 Å². The summed E-state index contributed by atoms with van der Waals surface area (Å²) in [4.78, 5) is 7.55. The lowest BCUT2D eigenvalue weighted by Gasteiger charge is -2.16. The van der Waals surface area contributed by atoms with Crippen molar-refractivity contribution in [2.45, 2.75) is 39.4 Å². The normalized spacial score (nSPS) is 13.0. The molecule has 0 aliphatic rings. The fourth-order valence-corrected chi connectivity index (χ4v) is 2.44.